The average molecular weight is 276 g/mol. The van der Waals surface area contributed by atoms with Gasteiger partial charge in [-0.3, -0.25) is 0 Å². The molecule has 0 radical (unpaired) electrons. The van der Waals surface area contributed by atoms with Gasteiger partial charge in [-0.1, -0.05) is 32.0 Å². The summed E-state index contributed by atoms with van der Waals surface area (Å²) in [6.07, 6.45) is -0.873. The molecule has 0 saturated heterocycles. The lowest BCUT2D eigenvalue weighted by Crippen LogP contribution is -2.27. The smallest absolute Gasteiger partial charge is 0.123 e. The van der Waals surface area contributed by atoms with Crippen molar-refractivity contribution in [3.8, 4) is 0 Å². The summed E-state index contributed by atoms with van der Waals surface area (Å²) in [5.41, 5.74) is 1.44. The first kappa shape index (κ1) is 14.7. The van der Waals surface area contributed by atoms with E-state index in [2.05, 4.69) is 0 Å². The molecule has 0 aliphatic heterocycles. The van der Waals surface area contributed by atoms with Crippen molar-refractivity contribution in [2.45, 2.75) is 32.3 Å². The van der Waals surface area contributed by atoms with E-state index in [0.717, 1.165) is 11.1 Å². The number of aryl methyl sites for hydroxylation is 1. The Morgan fingerprint density at radius 1 is 0.950 bits per heavy atom. The molecule has 0 amide bonds. The van der Waals surface area contributed by atoms with Crippen LogP contribution in [0.15, 0.2) is 42.5 Å². The maximum absolute atomic E-state index is 13.5. The lowest BCUT2D eigenvalue weighted by atomic mass is 9.76. The first-order valence-corrected chi connectivity index (χ1v) is 6.52. The molecule has 1 atom stereocenters. The third-order valence-corrected chi connectivity index (χ3v) is 3.65. The largest absolute Gasteiger partial charge is 0.388 e. The maximum atomic E-state index is 13.5. The molecule has 1 nitrogen and oxygen atoms in total. The van der Waals surface area contributed by atoms with Crippen LogP contribution in [0.5, 0.6) is 0 Å². The molecule has 0 aliphatic rings. The van der Waals surface area contributed by atoms with Crippen LogP contribution in [0, 0.1) is 18.6 Å². The average Bonchev–Trinajstić information content (AvgIpc) is 2.37. The molecule has 0 spiro atoms. The summed E-state index contributed by atoms with van der Waals surface area (Å²) in [5, 5.41) is 10.6. The zero-order chi connectivity index (χ0) is 14.9. The standard InChI is InChI=1S/C17H18F2O/c1-11-8-12(10-15(19)9-11)16(20)17(2,3)13-4-6-14(18)7-5-13/h4-10,16,20H,1-3H3. The third-order valence-electron chi connectivity index (χ3n) is 3.65. The minimum absolute atomic E-state index is 0.319. The molecule has 0 aliphatic carbocycles. The summed E-state index contributed by atoms with van der Waals surface area (Å²) in [4.78, 5) is 0. The van der Waals surface area contributed by atoms with Crippen LogP contribution in [0.1, 0.15) is 36.6 Å². The topological polar surface area (TPSA) is 20.2 Å². The predicted molar refractivity (Wildman–Crippen MR) is 75.5 cm³/mol. The van der Waals surface area contributed by atoms with Gasteiger partial charge in [-0.15, -0.1) is 0 Å². The number of hydrogen-bond donors (Lipinski definition) is 1. The van der Waals surface area contributed by atoms with Crippen LogP contribution in [0.2, 0.25) is 0 Å². The fourth-order valence-electron chi connectivity index (χ4n) is 2.38. The van der Waals surface area contributed by atoms with E-state index < -0.39 is 11.5 Å². The first-order valence-electron chi connectivity index (χ1n) is 6.52. The third kappa shape index (κ3) is 2.88. The zero-order valence-corrected chi connectivity index (χ0v) is 11.8. The molecule has 3 heteroatoms. The van der Waals surface area contributed by atoms with Crippen LogP contribution in [-0.4, -0.2) is 5.11 Å². The van der Waals surface area contributed by atoms with Crippen molar-refractivity contribution in [1.29, 1.82) is 0 Å². The molecule has 2 rings (SSSR count). The van der Waals surface area contributed by atoms with Crippen molar-refractivity contribution < 1.29 is 13.9 Å². The van der Waals surface area contributed by atoms with Gasteiger partial charge in [0.2, 0.25) is 0 Å². The van der Waals surface area contributed by atoms with Crippen LogP contribution in [0.3, 0.4) is 0 Å². The molecule has 2 aromatic rings. The van der Waals surface area contributed by atoms with Gasteiger partial charge in [-0.25, -0.2) is 8.78 Å². The molecule has 1 unspecified atom stereocenters. The van der Waals surface area contributed by atoms with Crippen LogP contribution < -0.4 is 0 Å². The molecule has 1 N–H and O–H groups in total. The van der Waals surface area contributed by atoms with Gasteiger partial charge >= 0.3 is 0 Å². The summed E-state index contributed by atoms with van der Waals surface area (Å²) in [6, 6.07) is 10.5. The molecule has 0 bridgehead atoms. The molecule has 0 saturated carbocycles. The second kappa shape index (κ2) is 5.33. The number of aliphatic hydroxyl groups is 1. The first-order chi connectivity index (χ1) is 9.30. The minimum atomic E-state index is -0.873. The summed E-state index contributed by atoms with van der Waals surface area (Å²) >= 11 is 0. The van der Waals surface area contributed by atoms with Crippen LogP contribution in [0.4, 0.5) is 8.78 Å². The van der Waals surface area contributed by atoms with Crippen molar-refractivity contribution in [3.05, 3.63) is 70.8 Å². The van der Waals surface area contributed by atoms with Gasteiger partial charge in [0.15, 0.2) is 0 Å². The van der Waals surface area contributed by atoms with Crippen LogP contribution in [0.25, 0.3) is 0 Å². The van der Waals surface area contributed by atoms with Crippen molar-refractivity contribution >= 4 is 0 Å². The highest BCUT2D eigenvalue weighted by Crippen LogP contribution is 2.37. The number of rotatable bonds is 3. The molecular formula is C17H18F2O. The van der Waals surface area contributed by atoms with Gasteiger partial charge in [0.05, 0.1) is 6.10 Å². The Morgan fingerprint density at radius 2 is 1.55 bits per heavy atom. The van der Waals surface area contributed by atoms with E-state index in [1.54, 1.807) is 25.1 Å². The van der Waals surface area contributed by atoms with Crippen molar-refractivity contribution in [2.75, 3.05) is 0 Å². The number of hydrogen-bond acceptors (Lipinski definition) is 1. The van der Waals surface area contributed by atoms with Crippen LogP contribution in [-0.2, 0) is 5.41 Å². The lowest BCUT2D eigenvalue weighted by Gasteiger charge is -2.31. The molecule has 106 valence electrons. The van der Waals surface area contributed by atoms with Gasteiger partial charge in [0.25, 0.3) is 0 Å². The fraction of sp³-hybridized carbons (Fsp3) is 0.294. The molecular weight excluding hydrogens is 258 g/mol. The SMILES string of the molecule is Cc1cc(F)cc(C(O)C(C)(C)c2ccc(F)cc2)c1. The Labute approximate surface area is 117 Å². The van der Waals surface area contributed by atoms with E-state index in [0.29, 0.717) is 5.56 Å². The molecule has 2 aromatic carbocycles. The summed E-state index contributed by atoms with van der Waals surface area (Å²) in [5.74, 6) is -0.686. The van der Waals surface area contributed by atoms with E-state index in [-0.39, 0.29) is 11.6 Å². The zero-order valence-electron chi connectivity index (χ0n) is 11.8. The van der Waals surface area contributed by atoms with E-state index >= 15 is 0 Å². The Hall–Kier alpha value is -1.74. The predicted octanol–water partition coefficient (Wildman–Crippen LogP) is 4.28. The second-order valence-corrected chi connectivity index (χ2v) is 5.69. The highest BCUT2D eigenvalue weighted by atomic mass is 19.1. The van der Waals surface area contributed by atoms with E-state index in [9.17, 15) is 13.9 Å². The maximum Gasteiger partial charge on any atom is 0.123 e. The van der Waals surface area contributed by atoms with Gasteiger partial charge < -0.3 is 5.11 Å². The van der Waals surface area contributed by atoms with Gasteiger partial charge in [0.1, 0.15) is 11.6 Å². The lowest BCUT2D eigenvalue weighted by molar-refractivity contribution is 0.0998. The quantitative estimate of drug-likeness (QED) is 0.887. The van der Waals surface area contributed by atoms with Crippen LogP contribution >= 0.6 is 0 Å². The second-order valence-electron chi connectivity index (χ2n) is 5.69. The van der Waals surface area contributed by atoms with Gasteiger partial charge in [-0.2, -0.15) is 0 Å². The van der Waals surface area contributed by atoms with Gasteiger partial charge in [-0.05, 0) is 47.9 Å². The molecule has 0 fully saturated rings. The normalized spacial score (nSPS) is 13.3. The molecule has 20 heavy (non-hydrogen) atoms. The monoisotopic (exact) mass is 276 g/mol. The summed E-state index contributed by atoms with van der Waals surface area (Å²) < 4.78 is 26.5. The molecule has 0 aromatic heterocycles. The van der Waals surface area contributed by atoms with E-state index in [1.807, 2.05) is 13.8 Å². The highest BCUT2D eigenvalue weighted by Gasteiger charge is 2.31. The fourth-order valence-corrected chi connectivity index (χ4v) is 2.38. The molecule has 0 heterocycles. The van der Waals surface area contributed by atoms with E-state index in [1.165, 1.54) is 24.3 Å². The van der Waals surface area contributed by atoms with Crippen molar-refractivity contribution in [2.24, 2.45) is 0 Å². The Kier molecular flexibility index (Phi) is 3.91. The number of aliphatic hydroxyl groups excluding tert-OH is 1. The number of halogens is 2. The Bertz CT molecular complexity index is 583. The summed E-state index contributed by atoms with van der Waals surface area (Å²) in [7, 11) is 0. The number of benzene rings is 2. The Morgan fingerprint density at radius 3 is 2.10 bits per heavy atom. The van der Waals surface area contributed by atoms with Crippen molar-refractivity contribution in [1.82, 2.24) is 0 Å². The summed E-state index contributed by atoms with van der Waals surface area (Å²) in [6.45, 7) is 5.49. The van der Waals surface area contributed by atoms with Crippen molar-refractivity contribution in [3.63, 3.8) is 0 Å². The minimum Gasteiger partial charge on any atom is -0.388 e. The van der Waals surface area contributed by atoms with Gasteiger partial charge in [0, 0.05) is 5.41 Å². The highest BCUT2D eigenvalue weighted by molar-refractivity contribution is 5.33. The van der Waals surface area contributed by atoms with E-state index in [4.69, 9.17) is 0 Å². The Balaban J connectivity index is 2.39.